The summed E-state index contributed by atoms with van der Waals surface area (Å²) in [4.78, 5) is 51.8. The zero-order valence-corrected chi connectivity index (χ0v) is 22.3. The van der Waals surface area contributed by atoms with Crippen LogP contribution in [0.3, 0.4) is 0 Å². The Bertz CT molecular complexity index is 1160. The number of hydrogen-bond donors (Lipinski definition) is 1. The zero-order chi connectivity index (χ0) is 27.9. The first-order valence-corrected chi connectivity index (χ1v) is 12.6. The van der Waals surface area contributed by atoms with Gasteiger partial charge in [-0.05, 0) is 57.9 Å². The average molecular weight is 526 g/mol. The molecule has 0 aromatic heterocycles. The minimum absolute atomic E-state index is 0.0602. The summed E-state index contributed by atoms with van der Waals surface area (Å²) >= 11 is 0. The number of ether oxygens (including phenoxy) is 2. The van der Waals surface area contributed by atoms with Gasteiger partial charge < -0.3 is 14.8 Å². The number of methoxy groups -OCH3 is 1. The molecule has 1 heterocycles. The SMILES string of the molecule is COc1cccc(C(=O)CN2CCCC[C@H]2C(=O)N[C@@H](Cc2ccc([N+](=O)[O-])cc2)C(=O)OC(C)(C)C)c1. The van der Waals surface area contributed by atoms with E-state index in [-0.39, 0.29) is 30.3 Å². The van der Waals surface area contributed by atoms with Crippen LogP contribution in [0.2, 0.25) is 0 Å². The molecular formula is C28H35N3O7. The lowest BCUT2D eigenvalue weighted by Gasteiger charge is -2.35. The number of nitrogens with zero attached hydrogens (tertiary/aromatic N) is 2. The van der Waals surface area contributed by atoms with Crippen molar-refractivity contribution in [3.05, 3.63) is 69.8 Å². The van der Waals surface area contributed by atoms with Gasteiger partial charge in [-0.2, -0.15) is 0 Å². The Kier molecular flexibility index (Phi) is 9.57. The average Bonchev–Trinajstić information content (AvgIpc) is 2.87. The van der Waals surface area contributed by atoms with Crippen LogP contribution in [0.1, 0.15) is 56.0 Å². The molecule has 1 amide bonds. The molecule has 10 nitrogen and oxygen atoms in total. The number of Topliss-reactive ketones (excluding diaryl/α,β-unsaturated/α-hetero) is 1. The highest BCUT2D eigenvalue weighted by atomic mass is 16.6. The molecule has 204 valence electrons. The Hall–Kier alpha value is -3.79. The number of non-ortho nitro benzene ring substituents is 1. The summed E-state index contributed by atoms with van der Waals surface area (Å²) in [5, 5.41) is 13.8. The van der Waals surface area contributed by atoms with Gasteiger partial charge in [-0.3, -0.25) is 24.6 Å². The fraction of sp³-hybridized carbons (Fsp3) is 0.464. The monoisotopic (exact) mass is 525 g/mol. The Labute approximate surface area is 222 Å². The standard InChI is InChI=1S/C28H35N3O7/c1-28(2,3)38-27(34)23(16-19-11-13-21(14-12-19)31(35)36)29-26(33)24-10-5-6-15-30(24)18-25(32)20-8-7-9-22(17-20)37-4/h7-9,11-14,17,23-24H,5-6,10,15-16,18H2,1-4H3,(H,29,33)/t23-,24-/m0/s1. The molecule has 2 aromatic rings. The lowest BCUT2D eigenvalue weighted by atomic mass is 9.98. The van der Waals surface area contributed by atoms with Gasteiger partial charge in [-0.15, -0.1) is 0 Å². The van der Waals surface area contributed by atoms with E-state index in [0.29, 0.717) is 29.8 Å². The number of rotatable bonds is 10. The molecule has 1 aliphatic rings. The summed E-state index contributed by atoms with van der Waals surface area (Å²) in [5.74, 6) is -0.506. The number of nitro benzene ring substituents is 1. The van der Waals surface area contributed by atoms with Gasteiger partial charge in [0, 0.05) is 24.1 Å². The van der Waals surface area contributed by atoms with Crippen LogP contribution in [0.5, 0.6) is 5.75 Å². The zero-order valence-electron chi connectivity index (χ0n) is 22.3. The first kappa shape index (κ1) is 28.8. The molecule has 0 unspecified atom stereocenters. The normalized spacial score (nSPS) is 16.8. The van der Waals surface area contributed by atoms with Crippen molar-refractivity contribution >= 4 is 23.3 Å². The summed E-state index contributed by atoms with van der Waals surface area (Å²) in [5.41, 5.74) is 0.305. The van der Waals surface area contributed by atoms with Crippen LogP contribution in [-0.4, -0.2) is 65.4 Å². The molecular weight excluding hydrogens is 490 g/mol. The number of nitrogens with one attached hydrogen (secondary N) is 1. The predicted molar refractivity (Wildman–Crippen MR) is 141 cm³/mol. The Morgan fingerprint density at radius 3 is 2.47 bits per heavy atom. The van der Waals surface area contributed by atoms with E-state index in [1.165, 1.54) is 19.2 Å². The third kappa shape index (κ3) is 8.11. The molecule has 3 rings (SSSR count). The highest BCUT2D eigenvalue weighted by Gasteiger charge is 2.34. The molecule has 38 heavy (non-hydrogen) atoms. The lowest BCUT2D eigenvalue weighted by Crippen LogP contribution is -2.55. The largest absolute Gasteiger partial charge is 0.497 e. The summed E-state index contributed by atoms with van der Waals surface area (Å²) < 4.78 is 10.8. The number of ketones is 1. The van der Waals surface area contributed by atoms with Crippen molar-refractivity contribution in [2.45, 2.75) is 64.1 Å². The Balaban J connectivity index is 1.76. The molecule has 1 fully saturated rings. The molecule has 0 aliphatic carbocycles. The van der Waals surface area contributed by atoms with E-state index in [1.807, 2.05) is 4.90 Å². The molecule has 0 saturated carbocycles. The summed E-state index contributed by atoms with van der Waals surface area (Å²) in [6, 6.07) is 11.1. The van der Waals surface area contributed by atoms with Gasteiger partial charge in [0.05, 0.1) is 24.6 Å². The minimum Gasteiger partial charge on any atom is -0.497 e. The van der Waals surface area contributed by atoms with Crippen LogP contribution in [0, 0.1) is 10.1 Å². The van der Waals surface area contributed by atoms with Crippen molar-refractivity contribution in [2.24, 2.45) is 0 Å². The van der Waals surface area contributed by atoms with Gasteiger partial charge in [0.25, 0.3) is 5.69 Å². The predicted octanol–water partition coefficient (Wildman–Crippen LogP) is 3.71. The van der Waals surface area contributed by atoms with E-state index in [2.05, 4.69) is 5.32 Å². The lowest BCUT2D eigenvalue weighted by molar-refractivity contribution is -0.384. The highest BCUT2D eigenvalue weighted by Crippen LogP contribution is 2.21. The van der Waals surface area contributed by atoms with Crippen LogP contribution in [0.4, 0.5) is 5.69 Å². The molecule has 2 aromatic carbocycles. The molecule has 1 aliphatic heterocycles. The molecule has 1 saturated heterocycles. The van der Waals surface area contributed by atoms with Crippen molar-refractivity contribution in [2.75, 3.05) is 20.2 Å². The molecule has 10 heteroatoms. The third-order valence-electron chi connectivity index (χ3n) is 6.25. The van der Waals surface area contributed by atoms with Crippen LogP contribution in [-0.2, 0) is 20.7 Å². The first-order chi connectivity index (χ1) is 18.0. The Morgan fingerprint density at radius 2 is 1.84 bits per heavy atom. The quantitative estimate of drug-likeness (QED) is 0.215. The smallest absolute Gasteiger partial charge is 0.329 e. The summed E-state index contributed by atoms with van der Waals surface area (Å²) in [6.07, 6.45) is 2.33. The molecule has 0 spiro atoms. The number of nitro groups is 1. The van der Waals surface area contributed by atoms with Crippen LogP contribution in [0.25, 0.3) is 0 Å². The minimum atomic E-state index is -0.999. The second kappa shape index (κ2) is 12.6. The van der Waals surface area contributed by atoms with E-state index in [9.17, 15) is 24.5 Å². The third-order valence-corrected chi connectivity index (χ3v) is 6.25. The fourth-order valence-corrected chi connectivity index (χ4v) is 4.37. The molecule has 2 atom stereocenters. The maximum atomic E-state index is 13.5. The van der Waals surface area contributed by atoms with E-state index >= 15 is 0 Å². The highest BCUT2D eigenvalue weighted by molar-refractivity contribution is 5.98. The maximum absolute atomic E-state index is 13.5. The van der Waals surface area contributed by atoms with Gasteiger partial charge in [0.15, 0.2) is 5.78 Å². The second-order valence-electron chi connectivity index (χ2n) is 10.4. The van der Waals surface area contributed by atoms with Gasteiger partial charge in [-0.25, -0.2) is 4.79 Å². The number of carbonyl (C=O) groups excluding carboxylic acids is 3. The number of amides is 1. The first-order valence-electron chi connectivity index (χ1n) is 12.6. The van der Waals surface area contributed by atoms with Crippen molar-refractivity contribution in [1.29, 1.82) is 0 Å². The van der Waals surface area contributed by atoms with E-state index in [4.69, 9.17) is 9.47 Å². The number of benzene rings is 2. The molecule has 0 bridgehead atoms. The van der Waals surface area contributed by atoms with Gasteiger partial charge in [-0.1, -0.05) is 30.7 Å². The number of hydrogen-bond acceptors (Lipinski definition) is 8. The number of likely N-dealkylation sites (tertiary alicyclic amines) is 1. The van der Waals surface area contributed by atoms with E-state index in [1.54, 1.807) is 57.2 Å². The van der Waals surface area contributed by atoms with Crippen molar-refractivity contribution in [3.8, 4) is 5.75 Å². The van der Waals surface area contributed by atoms with E-state index < -0.39 is 28.6 Å². The second-order valence-corrected chi connectivity index (χ2v) is 10.4. The number of carbonyl (C=O) groups is 3. The van der Waals surface area contributed by atoms with E-state index in [0.717, 1.165) is 12.8 Å². The maximum Gasteiger partial charge on any atom is 0.329 e. The van der Waals surface area contributed by atoms with Crippen molar-refractivity contribution in [3.63, 3.8) is 0 Å². The Morgan fingerprint density at radius 1 is 1.13 bits per heavy atom. The van der Waals surface area contributed by atoms with Crippen LogP contribution in [0.15, 0.2) is 48.5 Å². The summed E-state index contributed by atoms with van der Waals surface area (Å²) in [6.45, 7) is 5.85. The topological polar surface area (TPSA) is 128 Å². The van der Waals surface area contributed by atoms with Crippen LogP contribution < -0.4 is 10.1 Å². The van der Waals surface area contributed by atoms with Gasteiger partial charge in [0.1, 0.15) is 17.4 Å². The van der Waals surface area contributed by atoms with Crippen molar-refractivity contribution < 1.29 is 28.8 Å². The van der Waals surface area contributed by atoms with Gasteiger partial charge >= 0.3 is 5.97 Å². The summed E-state index contributed by atoms with van der Waals surface area (Å²) in [7, 11) is 1.53. The van der Waals surface area contributed by atoms with Crippen LogP contribution >= 0.6 is 0 Å². The number of esters is 1. The fourth-order valence-electron chi connectivity index (χ4n) is 4.37. The molecule has 1 N–H and O–H groups in total. The van der Waals surface area contributed by atoms with Crippen molar-refractivity contribution in [1.82, 2.24) is 10.2 Å². The molecule has 0 radical (unpaired) electrons. The number of piperidine rings is 1. The van der Waals surface area contributed by atoms with Gasteiger partial charge in [0.2, 0.25) is 5.91 Å².